The Morgan fingerprint density at radius 2 is 1.77 bits per heavy atom. The largest absolute Gasteiger partial charge is 0.457 e. The number of furan rings is 1. The Balaban J connectivity index is 1.15. The van der Waals surface area contributed by atoms with E-state index in [0.29, 0.717) is 30.6 Å². The van der Waals surface area contributed by atoms with Gasteiger partial charge < -0.3 is 18.8 Å². The first-order valence-corrected chi connectivity index (χ1v) is 17.1. The van der Waals surface area contributed by atoms with Crippen molar-refractivity contribution in [3.8, 4) is 0 Å². The minimum Gasteiger partial charge on any atom is -0.457 e. The summed E-state index contributed by atoms with van der Waals surface area (Å²) < 4.78 is 30.0. The Kier molecular flexibility index (Phi) is 10.0. The van der Waals surface area contributed by atoms with Crippen LogP contribution in [-0.2, 0) is 25.5 Å². The second kappa shape index (κ2) is 14.1. The van der Waals surface area contributed by atoms with Crippen molar-refractivity contribution < 1.29 is 32.7 Å². The van der Waals surface area contributed by atoms with E-state index in [2.05, 4.69) is 0 Å². The maximum atomic E-state index is 14.2. The Hall–Kier alpha value is -2.74. The van der Waals surface area contributed by atoms with Crippen LogP contribution in [0.2, 0.25) is 0 Å². The molecular formula is C36H48FNO6. The Labute approximate surface area is 260 Å². The molecule has 1 aromatic carbocycles. The summed E-state index contributed by atoms with van der Waals surface area (Å²) in [5, 5.41) is 0.752. The van der Waals surface area contributed by atoms with Crippen LogP contribution in [0.15, 0.2) is 28.7 Å². The number of Topliss-reactive ketones (excluding diaryl/α,β-unsaturated/α-hetero) is 1. The van der Waals surface area contributed by atoms with Crippen LogP contribution < -0.4 is 0 Å². The van der Waals surface area contributed by atoms with Crippen molar-refractivity contribution in [2.75, 3.05) is 26.4 Å². The summed E-state index contributed by atoms with van der Waals surface area (Å²) in [7, 11) is 0. The summed E-state index contributed by atoms with van der Waals surface area (Å²) in [6.45, 7) is 3.23. The molecule has 6 rings (SSSR count). The lowest BCUT2D eigenvalue weighted by Crippen LogP contribution is -2.48. The van der Waals surface area contributed by atoms with Crippen molar-refractivity contribution in [2.45, 2.75) is 103 Å². The number of carbonyl (C=O) groups is 3. The van der Waals surface area contributed by atoms with Gasteiger partial charge in [0.15, 0.2) is 5.78 Å². The first-order chi connectivity index (χ1) is 21.4. The fraction of sp³-hybridized carbons (Fsp3) is 0.694. The minimum absolute atomic E-state index is 0.0451. The van der Waals surface area contributed by atoms with Crippen LogP contribution >= 0.6 is 0 Å². The number of amides is 1. The summed E-state index contributed by atoms with van der Waals surface area (Å²) in [6.07, 6.45) is 12.2. The number of ether oxygens (including phenoxy) is 2. The zero-order valence-corrected chi connectivity index (χ0v) is 26.1. The molecule has 2 aliphatic carbocycles. The predicted octanol–water partition coefficient (Wildman–Crippen LogP) is 7.09. The number of benzene rings is 1. The fourth-order valence-electron chi connectivity index (χ4n) is 8.45. The van der Waals surface area contributed by atoms with Crippen molar-refractivity contribution in [3.63, 3.8) is 0 Å². The summed E-state index contributed by atoms with van der Waals surface area (Å²) in [5.74, 6) is 0.864. The van der Waals surface area contributed by atoms with Gasteiger partial charge in [-0.05, 0) is 92.4 Å². The third kappa shape index (κ3) is 6.90. The van der Waals surface area contributed by atoms with E-state index in [-0.39, 0.29) is 61.0 Å². The maximum Gasteiger partial charge on any atom is 0.374 e. The average molecular weight is 610 g/mol. The molecule has 4 aliphatic rings. The first-order valence-electron chi connectivity index (χ1n) is 17.1. The smallest absolute Gasteiger partial charge is 0.374 e. The highest BCUT2D eigenvalue weighted by Gasteiger charge is 2.46. The third-order valence-corrected chi connectivity index (χ3v) is 11.1. The van der Waals surface area contributed by atoms with Crippen LogP contribution in [0.1, 0.15) is 100 Å². The van der Waals surface area contributed by atoms with E-state index in [0.717, 1.165) is 68.7 Å². The number of esters is 1. The molecule has 2 saturated heterocycles. The molecule has 2 unspecified atom stereocenters. The quantitative estimate of drug-likeness (QED) is 0.268. The lowest BCUT2D eigenvalue weighted by atomic mass is 9.74. The molecule has 3 heterocycles. The van der Waals surface area contributed by atoms with Crippen LogP contribution in [0.5, 0.6) is 0 Å². The van der Waals surface area contributed by atoms with E-state index in [4.69, 9.17) is 13.9 Å². The summed E-state index contributed by atoms with van der Waals surface area (Å²) in [5.41, 5.74) is 1.42. The topological polar surface area (TPSA) is 86.1 Å². The number of hydrogen-bond donors (Lipinski definition) is 0. The molecule has 4 fully saturated rings. The van der Waals surface area contributed by atoms with Crippen LogP contribution in [0.25, 0.3) is 11.0 Å². The number of halogens is 1. The second-order valence-corrected chi connectivity index (χ2v) is 13.9. The van der Waals surface area contributed by atoms with Crippen LogP contribution in [-0.4, -0.2) is 61.1 Å². The lowest BCUT2D eigenvalue weighted by Gasteiger charge is -2.37. The van der Waals surface area contributed by atoms with Crippen LogP contribution in [0.4, 0.5) is 4.39 Å². The number of carbonyl (C=O) groups excluding carboxylic acids is 3. The van der Waals surface area contributed by atoms with Gasteiger partial charge in [-0.25, -0.2) is 4.79 Å². The molecule has 1 amide bonds. The molecule has 2 aromatic rings. The zero-order valence-electron chi connectivity index (χ0n) is 26.1. The number of likely N-dealkylation sites (tertiary alicyclic amines) is 1. The van der Waals surface area contributed by atoms with E-state index in [9.17, 15) is 18.8 Å². The van der Waals surface area contributed by atoms with Gasteiger partial charge in [0.1, 0.15) is 12.2 Å². The predicted molar refractivity (Wildman–Crippen MR) is 165 cm³/mol. The van der Waals surface area contributed by atoms with Crippen molar-refractivity contribution in [2.24, 2.45) is 29.6 Å². The van der Waals surface area contributed by atoms with Gasteiger partial charge >= 0.3 is 5.97 Å². The van der Waals surface area contributed by atoms with Crippen LogP contribution in [0.3, 0.4) is 0 Å². The second-order valence-electron chi connectivity index (χ2n) is 13.9. The SMILES string of the molecule is CC(CF)C1CCC(C(=O)N2CC[C@@H](C3CCCCC3)[C@H]2C(=O)Cc2ccc3oc(C(=O)OCC4CCCO4)cc3c2)CC1. The Morgan fingerprint density at radius 1 is 0.977 bits per heavy atom. The van der Waals surface area contributed by atoms with Crippen LogP contribution in [0, 0.1) is 29.6 Å². The summed E-state index contributed by atoms with van der Waals surface area (Å²) in [4.78, 5) is 42.7. The number of nitrogens with zero attached hydrogens (tertiary/aromatic N) is 1. The number of fused-ring (bicyclic) bond motifs is 1. The van der Waals surface area contributed by atoms with E-state index in [1.165, 1.54) is 19.3 Å². The van der Waals surface area contributed by atoms with Crippen molar-refractivity contribution in [1.29, 1.82) is 0 Å². The first kappa shape index (κ1) is 31.3. The van der Waals surface area contributed by atoms with Gasteiger partial charge in [0.2, 0.25) is 11.7 Å². The molecule has 2 aliphatic heterocycles. The van der Waals surface area contributed by atoms with Crippen molar-refractivity contribution in [3.05, 3.63) is 35.6 Å². The number of alkyl halides is 1. The van der Waals surface area contributed by atoms with Gasteiger partial charge in [-0.3, -0.25) is 14.0 Å². The highest BCUT2D eigenvalue weighted by Crippen LogP contribution is 2.42. The highest BCUT2D eigenvalue weighted by atomic mass is 19.1. The molecule has 0 bridgehead atoms. The Bertz CT molecular complexity index is 1300. The monoisotopic (exact) mass is 609 g/mol. The number of hydrogen-bond acceptors (Lipinski definition) is 6. The molecule has 8 heteroatoms. The van der Waals surface area contributed by atoms with E-state index in [1.807, 2.05) is 30.0 Å². The molecule has 1 aromatic heterocycles. The van der Waals surface area contributed by atoms with Crippen molar-refractivity contribution >= 4 is 28.6 Å². The van der Waals surface area contributed by atoms with E-state index >= 15 is 0 Å². The molecule has 4 atom stereocenters. The van der Waals surface area contributed by atoms with E-state index in [1.54, 1.807) is 6.07 Å². The number of rotatable bonds is 10. The van der Waals surface area contributed by atoms with Gasteiger partial charge in [-0.1, -0.05) is 45.1 Å². The standard InChI is InChI=1S/C36H48FNO6/c1-23(21-37)25-10-12-27(13-11-25)35(40)38-16-15-30(26-6-3-2-4-7-26)34(38)31(39)19-24-9-14-32-28(18-24)20-33(44-32)36(41)43-22-29-8-5-17-42-29/h9,14,18,20,23,25-27,29-30,34H,2-8,10-13,15-17,19,21-22H2,1H3/t23?,25?,27?,29?,30-,34-/m0/s1. The normalized spacial score (nSPS) is 28.8. The third-order valence-electron chi connectivity index (χ3n) is 11.1. The Morgan fingerprint density at radius 3 is 2.50 bits per heavy atom. The molecular weight excluding hydrogens is 561 g/mol. The molecule has 0 N–H and O–H groups in total. The highest BCUT2D eigenvalue weighted by molar-refractivity contribution is 5.94. The van der Waals surface area contributed by atoms with Gasteiger partial charge in [0, 0.05) is 30.9 Å². The van der Waals surface area contributed by atoms with Crippen molar-refractivity contribution in [1.82, 2.24) is 4.90 Å². The average Bonchev–Trinajstić information content (AvgIpc) is 3.83. The lowest BCUT2D eigenvalue weighted by molar-refractivity contribution is -0.143. The van der Waals surface area contributed by atoms with E-state index < -0.39 is 12.0 Å². The van der Waals surface area contributed by atoms with Gasteiger partial charge in [-0.2, -0.15) is 0 Å². The molecule has 44 heavy (non-hydrogen) atoms. The van der Waals surface area contributed by atoms with Gasteiger partial charge in [0.25, 0.3) is 0 Å². The minimum atomic E-state index is -0.516. The summed E-state index contributed by atoms with van der Waals surface area (Å²) >= 11 is 0. The molecule has 2 saturated carbocycles. The summed E-state index contributed by atoms with van der Waals surface area (Å²) in [6, 6.07) is 6.89. The number of ketones is 1. The maximum absolute atomic E-state index is 14.2. The molecule has 0 radical (unpaired) electrons. The molecule has 7 nitrogen and oxygen atoms in total. The molecule has 0 spiro atoms. The molecule has 240 valence electrons. The van der Waals surface area contributed by atoms with Gasteiger partial charge in [0.05, 0.1) is 18.8 Å². The zero-order chi connectivity index (χ0) is 30.6. The van der Waals surface area contributed by atoms with Gasteiger partial charge in [-0.15, -0.1) is 0 Å². The fourth-order valence-corrected chi connectivity index (χ4v) is 8.45.